The van der Waals surface area contributed by atoms with E-state index in [2.05, 4.69) is 16.5 Å². The molecule has 8 heteroatoms. The predicted octanol–water partition coefficient (Wildman–Crippen LogP) is 2.41. The monoisotopic (exact) mass is 398 g/mol. The van der Waals surface area contributed by atoms with Crippen LogP contribution in [-0.4, -0.2) is 33.8 Å². The summed E-state index contributed by atoms with van der Waals surface area (Å²) in [7, 11) is 0. The molecule has 1 atom stereocenters. The predicted molar refractivity (Wildman–Crippen MR) is 108 cm³/mol. The van der Waals surface area contributed by atoms with E-state index >= 15 is 0 Å². The third-order valence-corrected chi connectivity index (χ3v) is 4.90. The molecule has 0 saturated carbocycles. The minimum atomic E-state index is -1.07. The Morgan fingerprint density at radius 1 is 1.31 bits per heavy atom. The smallest absolute Gasteiger partial charge is 0.359 e. The average molecular weight is 398 g/mol. The number of amides is 1. The van der Waals surface area contributed by atoms with Gasteiger partial charge in [-0.1, -0.05) is 45.4 Å². The Hall–Kier alpha value is -3.21. The van der Waals surface area contributed by atoms with E-state index < -0.39 is 24.0 Å². The van der Waals surface area contributed by atoms with E-state index in [4.69, 9.17) is 4.74 Å². The minimum absolute atomic E-state index is 0.0176. The fourth-order valence-electron chi connectivity index (χ4n) is 2.67. The first-order valence-electron chi connectivity index (χ1n) is 9.62. The molecule has 0 aliphatic heterocycles. The number of nitriles is 1. The Morgan fingerprint density at radius 2 is 1.97 bits per heavy atom. The van der Waals surface area contributed by atoms with Gasteiger partial charge < -0.3 is 10.1 Å². The molecule has 1 aromatic carbocycles. The average Bonchev–Trinajstić information content (AvgIpc) is 2.71. The highest BCUT2D eigenvalue weighted by molar-refractivity contribution is 6.02. The summed E-state index contributed by atoms with van der Waals surface area (Å²) in [4.78, 5) is 37.4. The van der Waals surface area contributed by atoms with Gasteiger partial charge >= 0.3 is 5.97 Å². The van der Waals surface area contributed by atoms with Crippen LogP contribution in [0.4, 0.5) is 0 Å². The highest BCUT2D eigenvalue weighted by Crippen LogP contribution is 2.16. The molecular formula is C21H26N4O4. The number of aryl methyl sites for hydroxylation is 1. The second-order valence-electron chi connectivity index (χ2n) is 7.37. The molecule has 154 valence electrons. The lowest BCUT2D eigenvalue weighted by Crippen LogP contribution is -2.50. The number of benzene rings is 1. The fraction of sp³-hybridized carbons (Fsp3) is 0.476. The van der Waals surface area contributed by atoms with E-state index in [-0.39, 0.29) is 17.2 Å². The Labute approximate surface area is 169 Å². The van der Waals surface area contributed by atoms with Gasteiger partial charge in [-0.3, -0.25) is 9.59 Å². The first-order valence-corrected chi connectivity index (χ1v) is 9.62. The van der Waals surface area contributed by atoms with Crippen LogP contribution in [0.2, 0.25) is 0 Å². The first kappa shape index (κ1) is 22.1. The third kappa shape index (κ3) is 4.99. The number of carbonyl (C=O) groups is 2. The van der Waals surface area contributed by atoms with Crippen LogP contribution in [0.5, 0.6) is 0 Å². The quantitative estimate of drug-likeness (QED) is 0.683. The molecule has 1 N–H and O–H groups in total. The van der Waals surface area contributed by atoms with Crippen molar-refractivity contribution in [2.24, 2.45) is 5.92 Å². The standard InChI is InChI=1S/C21H26N4O4/c1-5-6-11-25-19(27)16-10-8-7-9-15(16)18(24-25)20(28)29-12-17(26)23-21(4,13-22)14(2)3/h7-10,14H,5-6,11-12H2,1-4H3,(H,23,26)/t21-/m0/s1. The molecule has 0 spiro atoms. The fourth-order valence-corrected chi connectivity index (χ4v) is 2.67. The second-order valence-corrected chi connectivity index (χ2v) is 7.37. The van der Waals surface area contributed by atoms with Gasteiger partial charge in [-0.05, 0) is 25.3 Å². The van der Waals surface area contributed by atoms with Gasteiger partial charge in [0, 0.05) is 11.9 Å². The van der Waals surface area contributed by atoms with Crippen LogP contribution in [0, 0.1) is 17.2 Å². The lowest BCUT2D eigenvalue weighted by Gasteiger charge is -2.27. The van der Waals surface area contributed by atoms with Gasteiger partial charge in [0.05, 0.1) is 11.5 Å². The lowest BCUT2D eigenvalue weighted by atomic mass is 9.90. The van der Waals surface area contributed by atoms with E-state index in [1.165, 1.54) is 4.68 Å². The molecule has 1 amide bonds. The number of unbranched alkanes of at least 4 members (excludes halogenated alkanes) is 1. The normalized spacial score (nSPS) is 13.0. The summed E-state index contributed by atoms with van der Waals surface area (Å²) in [6.45, 7) is 7.06. The number of carbonyl (C=O) groups excluding carboxylic acids is 2. The molecule has 29 heavy (non-hydrogen) atoms. The van der Waals surface area contributed by atoms with E-state index in [0.29, 0.717) is 17.3 Å². The van der Waals surface area contributed by atoms with Gasteiger partial charge in [0.2, 0.25) is 0 Å². The number of esters is 1. The first-order chi connectivity index (χ1) is 13.7. The summed E-state index contributed by atoms with van der Waals surface area (Å²) < 4.78 is 6.39. The molecular weight excluding hydrogens is 372 g/mol. The van der Waals surface area contributed by atoms with Crippen molar-refractivity contribution in [1.29, 1.82) is 5.26 Å². The molecule has 2 rings (SSSR count). The Balaban J connectivity index is 2.24. The third-order valence-electron chi connectivity index (χ3n) is 4.90. The molecule has 0 aliphatic carbocycles. The highest BCUT2D eigenvalue weighted by Gasteiger charge is 2.30. The molecule has 0 unspecified atom stereocenters. The summed E-state index contributed by atoms with van der Waals surface area (Å²) in [5.41, 5.74) is -1.36. The zero-order valence-corrected chi connectivity index (χ0v) is 17.2. The highest BCUT2D eigenvalue weighted by atomic mass is 16.5. The maximum Gasteiger partial charge on any atom is 0.359 e. The van der Waals surface area contributed by atoms with E-state index in [1.54, 1.807) is 31.2 Å². The topological polar surface area (TPSA) is 114 Å². The molecule has 1 aromatic heterocycles. The van der Waals surface area contributed by atoms with Crippen LogP contribution in [0.1, 0.15) is 51.0 Å². The summed E-state index contributed by atoms with van der Waals surface area (Å²) in [6, 6.07) is 8.73. The van der Waals surface area contributed by atoms with Crippen molar-refractivity contribution in [2.45, 2.75) is 52.6 Å². The van der Waals surface area contributed by atoms with Crippen molar-refractivity contribution in [3.05, 3.63) is 40.3 Å². The Morgan fingerprint density at radius 3 is 2.55 bits per heavy atom. The number of hydrogen-bond donors (Lipinski definition) is 1. The van der Waals surface area contributed by atoms with Crippen LogP contribution in [-0.2, 0) is 16.1 Å². The van der Waals surface area contributed by atoms with Gasteiger partial charge in [-0.2, -0.15) is 10.4 Å². The number of ether oxygens (including phenoxy) is 1. The van der Waals surface area contributed by atoms with Gasteiger partial charge in [0.15, 0.2) is 12.3 Å². The van der Waals surface area contributed by atoms with Gasteiger partial charge in [-0.25, -0.2) is 9.48 Å². The van der Waals surface area contributed by atoms with Crippen molar-refractivity contribution in [2.75, 3.05) is 6.61 Å². The van der Waals surface area contributed by atoms with E-state index in [1.807, 2.05) is 20.8 Å². The van der Waals surface area contributed by atoms with Gasteiger partial charge in [0.25, 0.3) is 11.5 Å². The molecule has 0 fully saturated rings. The van der Waals surface area contributed by atoms with Crippen LogP contribution >= 0.6 is 0 Å². The summed E-state index contributed by atoms with van der Waals surface area (Å²) >= 11 is 0. The zero-order chi connectivity index (χ0) is 21.6. The summed E-state index contributed by atoms with van der Waals surface area (Å²) in [5, 5.41) is 16.8. The van der Waals surface area contributed by atoms with Crippen molar-refractivity contribution in [3.63, 3.8) is 0 Å². The molecule has 0 radical (unpaired) electrons. The van der Waals surface area contributed by atoms with E-state index in [9.17, 15) is 19.6 Å². The molecule has 2 aromatic rings. The SMILES string of the molecule is CCCCn1nc(C(=O)OCC(=O)N[C@@](C)(C#N)C(C)C)c2ccccc2c1=O. The van der Waals surface area contributed by atoms with Crippen molar-refractivity contribution >= 4 is 22.6 Å². The molecule has 0 aliphatic rings. The number of nitrogens with zero attached hydrogens (tertiary/aromatic N) is 3. The van der Waals surface area contributed by atoms with E-state index in [0.717, 1.165) is 12.8 Å². The maximum atomic E-state index is 12.6. The minimum Gasteiger partial charge on any atom is -0.451 e. The number of nitrogens with one attached hydrogen (secondary N) is 1. The largest absolute Gasteiger partial charge is 0.451 e. The lowest BCUT2D eigenvalue weighted by molar-refractivity contribution is -0.125. The Bertz CT molecular complexity index is 1010. The second kappa shape index (κ2) is 9.32. The summed E-state index contributed by atoms with van der Waals surface area (Å²) in [5.74, 6) is -1.51. The Kier molecular flexibility index (Phi) is 7.10. The van der Waals surface area contributed by atoms with Crippen molar-refractivity contribution in [3.8, 4) is 6.07 Å². The van der Waals surface area contributed by atoms with Crippen molar-refractivity contribution < 1.29 is 14.3 Å². The van der Waals surface area contributed by atoms with Gasteiger partial charge in [0.1, 0.15) is 5.54 Å². The van der Waals surface area contributed by atoms with Crippen LogP contribution in [0.3, 0.4) is 0 Å². The van der Waals surface area contributed by atoms with Crippen LogP contribution in [0.25, 0.3) is 10.8 Å². The van der Waals surface area contributed by atoms with Crippen LogP contribution in [0.15, 0.2) is 29.1 Å². The summed E-state index contributed by atoms with van der Waals surface area (Å²) in [6.07, 6.45) is 1.61. The number of hydrogen-bond acceptors (Lipinski definition) is 6. The zero-order valence-electron chi connectivity index (χ0n) is 17.2. The maximum absolute atomic E-state index is 12.6. The number of aromatic nitrogens is 2. The molecule has 0 saturated heterocycles. The van der Waals surface area contributed by atoms with Crippen molar-refractivity contribution in [1.82, 2.24) is 15.1 Å². The molecule has 8 nitrogen and oxygen atoms in total. The molecule has 1 heterocycles. The van der Waals surface area contributed by atoms with Gasteiger partial charge in [-0.15, -0.1) is 0 Å². The van der Waals surface area contributed by atoms with Crippen LogP contribution < -0.4 is 10.9 Å². The number of rotatable bonds is 8. The molecule has 0 bridgehead atoms. The number of fused-ring (bicyclic) bond motifs is 1.